The van der Waals surface area contributed by atoms with E-state index in [1.807, 2.05) is 24.4 Å². The van der Waals surface area contributed by atoms with E-state index in [2.05, 4.69) is 15.3 Å². The third-order valence-corrected chi connectivity index (χ3v) is 4.09. The molecule has 0 atom stereocenters. The van der Waals surface area contributed by atoms with Crippen LogP contribution in [0.3, 0.4) is 0 Å². The van der Waals surface area contributed by atoms with Crippen molar-refractivity contribution in [2.45, 2.75) is 6.54 Å². The Kier molecular flexibility index (Phi) is 5.16. The van der Waals surface area contributed by atoms with E-state index >= 15 is 0 Å². The number of thiazole rings is 1. The number of amides is 1. The normalized spacial score (nSPS) is 10.9. The van der Waals surface area contributed by atoms with Crippen LogP contribution in [-0.2, 0) is 6.54 Å². The van der Waals surface area contributed by atoms with Crippen LogP contribution < -0.4 is 5.32 Å². The largest absolute Gasteiger partial charge is 0.319 e. The second-order valence-electron chi connectivity index (χ2n) is 5.81. The first-order valence-corrected chi connectivity index (χ1v) is 8.56. The molecule has 1 aromatic carbocycles. The van der Waals surface area contributed by atoms with E-state index in [0.717, 1.165) is 11.3 Å². The highest BCUT2D eigenvalue weighted by Gasteiger charge is 2.11. The lowest BCUT2D eigenvalue weighted by Crippen LogP contribution is -2.14. The Balaban J connectivity index is 1.71. The second kappa shape index (κ2) is 7.50. The van der Waals surface area contributed by atoms with Gasteiger partial charge in [0.15, 0.2) is 0 Å². The number of nitrogens with zero attached hydrogens (tertiary/aromatic N) is 3. The number of hydrogen-bond donors (Lipinski definition) is 1. The standard InChI is InChI=1S/C18H17FN4OS/c1-23(2)9-12-3-5-15(14(19)7-12)22-18(24)13-4-6-16(20-8-13)17-10-25-11-21-17/h3-8,10-11H,9H2,1-2H3,(H,22,24). The van der Waals surface area contributed by atoms with Crippen molar-refractivity contribution < 1.29 is 9.18 Å². The molecular formula is C18H17FN4OS. The molecule has 2 heterocycles. The Morgan fingerprint density at radius 1 is 1.20 bits per heavy atom. The number of pyridine rings is 1. The topological polar surface area (TPSA) is 58.1 Å². The summed E-state index contributed by atoms with van der Waals surface area (Å²) in [6, 6.07) is 8.17. The van der Waals surface area contributed by atoms with Gasteiger partial charge in [0.05, 0.1) is 28.1 Å². The first kappa shape index (κ1) is 17.2. The summed E-state index contributed by atoms with van der Waals surface area (Å²) in [5.74, 6) is -0.865. The molecule has 1 N–H and O–H groups in total. The molecule has 0 aliphatic rings. The summed E-state index contributed by atoms with van der Waals surface area (Å²) in [5, 5.41) is 4.46. The average molecular weight is 356 g/mol. The van der Waals surface area contributed by atoms with Crippen LogP contribution in [0.4, 0.5) is 10.1 Å². The number of carbonyl (C=O) groups is 1. The van der Waals surface area contributed by atoms with Crippen LogP contribution in [0, 0.1) is 5.82 Å². The highest BCUT2D eigenvalue weighted by molar-refractivity contribution is 7.07. The number of nitrogens with one attached hydrogen (secondary N) is 1. The van der Waals surface area contributed by atoms with Crippen LogP contribution in [-0.4, -0.2) is 34.9 Å². The van der Waals surface area contributed by atoms with Crippen LogP contribution >= 0.6 is 11.3 Å². The van der Waals surface area contributed by atoms with Gasteiger partial charge in [0.25, 0.3) is 5.91 Å². The summed E-state index contributed by atoms with van der Waals surface area (Å²) >= 11 is 1.48. The summed E-state index contributed by atoms with van der Waals surface area (Å²) in [6.07, 6.45) is 1.46. The van der Waals surface area contributed by atoms with Crippen LogP contribution in [0.1, 0.15) is 15.9 Å². The number of aromatic nitrogens is 2. The molecule has 128 valence electrons. The maximum atomic E-state index is 14.2. The van der Waals surface area contributed by atoms with Crippen molar-refractivity contribution >= 4 is 22.9 Å². The molecule has 25 heavy (non-hydrogen) atoms. The van der Waals surface area contributed by atoms with Gasteiger partial charge in [0, 0.05) is 18.1 Å². The maximum Gasteiger partial charge on any atom is 0.257 e. The molecule has 0 saturated heterocycles. The molecule has 7 heteroatoms. The fraction of sp³-hybridized carbons (Fsp3) is 0.167. The molecule has 0 bridgehead atoms. The summed E-state index contributed by atoms with van der Waals surface area (Å²) in [7, 11) is 3.83. The smallest absolute Gasteiger partial charge is 0.257 e. The van der Waals surface area contributed by atoms with E-state index in [0.29, 0.717) is 17.8 Å². The SMILES string of the molecule is CN(C)Cc1ccc(NC(=O)c2ccc(-c3cscn3)nc2)c(F)c1. The molecule has 3 rings (SSSR count). The van der Waals surface area contributed by atoms with Gasteiger partial charge in [0.2, 0.25) is 0 Å². The fourth-order valence-corrected chi connectivity index (χ4v) is 2.88. The predicted octanol–water partition coefficient (Wildman–Crippen LogP) is 3.66. The number of hydrogen-bond acceptors (Lipinski definition) is 5. The molecule has 3 aromatic rings. The van der Waals surface area contributed by atoms with E-state index in [1.165, 1.54) is 23.6 Å². The number of halogens is 1. The lowest BCUT2D eigenvalue weighted by atomic mass is 10.1. The van der Waals surface area contributed by atoms with Gasteiger partial charge in [-0.1, -0.05) is 6.07 Å². The molecule has 0 aliphatic carbocycles. The van der Waals surface area contributed by atoms with Gasteiger partial charge in [-0.05, 0) is 43.9 Å². The third-order valence-electron chi connectivity index (χ3n) is 3.50. The monoisotopic (exact) mass is 356 g/mol. The van der Waals surface area contributed by atoms with Gasteiger partial charge in [0.1, 0.15) is 5.82 Å². The number of benzene rings is 1. The molecule has 5 nitrogen and oxygen atoms in total. The second-order valence-corrected chi connectivity index (χ2v) is 6.53. The minimum absolute atomic E-state index is 0.149. The van der Waals surface area contributed by atoms with E-state index in [1.54, 1.807) is 29.8 Å². The fourth-order valence-electron chi connectivity index (χ4n) is 2.34. The molecule has 0 saturated carbocycles. The summed E-state index contributed by atoms with van der Waals surface area (Å²) < 4.78 is 14.2. The summed E-state index contributed by atoms with van der Waals surface area (Å²) in [5.41, 5.74) is 4.53. The van der Waals surface area contributed by atoms with E-state index in [4.69, 9.17) is 0 Å². The highest BCUT2D eigenvalue weighted by Crippen LogP contribution is 2.19. The first-order chi connectivity index (χ1) is 12.0. The Morgan fingerprint density at radius 2 is 2.04 bits per heavy atom. The molecule has 0 unspecified atom stereocenters. The number of anilines is 1. The van der Waals surface area contributed by atoms with E-state index in [-0.39, 0.29) is 5.69 Å². The van der Waals surface area contributed by atoms with Gasteiger partial charge in [-0.3, -0.25) is 9.78 Å². The molecule has 0 radical (unpaired) electrons. The van der Waals surface area contributed by atoms with Gasteiger partial charge >= 0.3 is 0 Å². The van der Waals surface area contributed by atoms with Crippen molar-refractivity contribution in [3.05, 3.63) is 64.4 Å². The number of rotatable bonds is 5. The molecule has 2 aromatic heterocycles. The minimum atomic E-state index is -0.459. The van der Waals surface area contributed by atoms with Crippen LogP contribution in [0.2, 0.25) is 0 Å². The highest BCUT2D eigenvalue weighted by atomic mass is 32.1. The lowest BCUT2D eigenvalue weighted by Gasteiger charge is -2.11. The zero-order valence-electron chi connectivity index (χ0n) is 13.9. The zero-order valence-corrected chi connectivity index (χ0v) is 14.7. The summed E-state index contributed by atoms with van der Waals surface area (Å²) in [6.45, 7) is 0.632. The minimum Gasteiger partial charge on any atom is -0.319 e. The van der Waals surface area contributed by atoms with Gasteiger partial charge < -0.3 is 10.2 Å². The van der Waals surface area contributed by atoms with Gasteiger partial charge in [-0.2, -0.15) is 0 Å². The van der Waals surface area contributed by atoms with Gasteiger partial charge in [-0.25, -0.2) is 9.37 Å². The maximum absolute atomic E-state index is 14.2. The third kappa shape index (κ3) is 4.26. The summed E-state index contributed by atoms with van der Waals surface area (Å²) in [4.78, 5) is 22.6. The molecule has 0 fully saturated rings. The van der Waals surface area contributed by atoms with E-state index in [9.17, 15) is 9.18 Å². The quantitative estimate of drug-likeness (QED) is 0.758. The van der Waals surface area contributed by atoms with Crippen molar-refractivity contribution in [3.63, 3.8) is 0 Å². The Hall–Kier alpha value is -2.64. The van der Waals surface area contributed by atoms with Gasteiger partial charge in [-0.15, -0.1) is 11.3 Å². The predicted molar refractivity (Wildman–Crippen MR) is 97.1 cm³/mol. The number of carbonyl (C=O) groups excluding carboxylic acids is 1. The van der Waals surface area contributed by atoms with Crippen LogP contribution in [0.15, 0.2) is 47.4 Å². The lowest BCUT2D eigenvalue weighted by molar-refractivity contribution is 0.102. The zero-order chi connectivity index (χ0) is 17.8. The van der Waals surface area contributed by atoms with E-state index < -0.39 is 11.7 Å². The average Bonchev–Trinajstić information content (AvgIpc) is 3.11. The molecule has 0 spiro atoms. The Labute approximate surface area is 149 Å². The van der Waals surface area contributed by atoms with Crippen LogP contribution in [0.5, 0.6) is 0 Å². The van der Waals surface area contributed by atoms with Crippen molar-refractivity contribution in [1.29, 1.82) is 0 Å². The first-order valence-electron chi connectivity index (χ1n) is 7.62. The van der Waals surface area contributed by atoms with Crippen molar-refractivity contribution in [2.24, 2.45) is 0 Å². The molecular weight excluding hydrogens is 339 g/mol. The molecule has 0 aliphatic heterocycles. The van der Waals surface area contributed by atoms with Crippen LogP contribution in [0.25, 0.3) is 11.4 Å². The Morgan fingerprint density at radius 3 is 2.64 bits per heavy atom. The van der Waals surface area contributed by atoms with Crippen molar-refractivity contribution in [3.8, 4) is 11.4 Å². The van der Waals surface area contributed by atoms with Crippen molar-refractivity contribution in [2.75, 3.05) is 19.4 Å². The van der Waals surface area contributed by atoms with Crippen molar-refractivity contribution in [1.82, 2.24) is 14.9 Å². The molecule has 1 amide bonds. The Bertz CT molecular complexity index is 863.